The highest BCUT2D eigenvalue weighted by molar-refractivity contribution is 5.82. The van der Waals surface area contributed by atoms with Gasteiger partial charge >= 0.3 is 5.97 Å². The average molecular weight is 218 g/mol. The largest absolute Gasteiger partial charge is 0.480 e. The second kappa shape index (κ2) is 4.81. The number of carbonyl (C=O) groups is 1. The van der Waals surface area contributed by atoms with E-state index in [9.17, 15) is 4.79 Å². The minimum atomic E-state index is -0.821. The van der Waals surface area contributed by atoms with Gasteiger partial charge in [-0.25, -0.2) is 0 Å². The number of hydrogen-bond donors (Lipinski definition) is 3. The summed E-state index contributed by atoms with van der Waals surface area (Å²) in [6, 6.07) is 8.16. The number of carboxylic acids is 1. The molecule has 84 valence electrons. The minimum absolute atomic E-state index is 0.0146. The molecule has 16 heavy (non-hydrogen) atoms. The standard InChI is InChI=1S/C12H14N2O2/c15-11(16)8-13-6-4-9-2-1-3-10-5-7-14-12(9)10/h1-3,5,7,13-14H,4,6,8H2,(H,15,16). The fourth-order valence-electron chi connectivity index (χ4n) is 1.78. The van der Waals surface area contributed by atoms with Gasteiger partial charge in [0.15, 0.2) is 0 Å². The van der Waals surface area contributed by atoms with E-state index in [2.05, 4.69) is 22.4 Å². The van der Waals surface area contributed by atoms with Gasteiger partial charge in [-0.1, -0.05) is 18.2 Å². The molecule has 0 bridgehead atoms. The van der Waals surface area contributed by atoms with Crippen molar-refractivity contribution in [2.75, 3.05) is 13.1 Å². The Bertz CT molecular complexity index is 490. The summed E-state index contributed by atoms with van der Waals surface area (Å²) in [6.45, 7) is 0.686. The maximum atomic E-state index is 10.3. The molecule has 2 rings (SSSR count). The highest BCUT2D eigenvalue weighted by atomic mass is 16.4. The van der Waals surface area contributed by atoms with Crippen molar-refractivity contribution in [2.45, 2.75) is 6.42 Å². The van der Waals surface area contributed by atoms with Crippen LogP contribution in [0.25, 0.3) is 10.9 Å². The Morgan fingerprint density at radius 3 is 3.06 bits per heavy atom. The predicted molar refractivity (Wildman–Crippen MR) is 62.5 cm³/mol. The topological polar surface area (TPSA) is 65.1 Å². The van der Waals surface area contributed by atoms with Crippen LogP contribution in [0.5, 0.6) is 0 Å². The number of H-pyrrole nitrogens is 1. The zero-order valence-corrected chi connectivity index (χ0v) is 8.86. The fourth-order valence-corrected chi connectivity index (χ4v) is 1.78. The maximum Gasteiger partial charge on any atom is 0.317 e. The van der Waals surface area contributed by atoms with Crippen molar-refractivity contribution in [3.05, 3.63) is 36.0 Å². The first-order valence-electron chi connectivity index (χ1n) is 5.25. The Balaban J connectivity index is 1.98. The van der Waals surface area contributed by atoms with Gasteiger partial charge in [-0.2, -0.15) is 0 Å². The van der Waals surface area contributed by atoms with E-state index in [0.29, 0.717) is 6.54 Å². The van der Waals surface area contributed by atoms with Gasteiger partial charge in [-0.3, -0.25) is 4.79 Å². The lowest BCUT2D eigenvalue weighted by Gasteiger charge is -2.04. The van der Waals surface area contributed by atoms with Crippen LogP contribution in [0.3, 0.4) is 0 Å². The van der Waals surface area contributed by atoms with Gasteiger partial charge in [-0.05, 0) is 30.0 Å². The molecule has 0 amide bonds. The molecule has 2 aromatic rings. The van der Waals surface area contributed by atoms with Gasteiger partial charge in [0, 0.05) is 11.7 Å². The molecule has 0 aliphatic carbocycles. The highest BCUT2D eigenvalue weighted by Gasteiger charge is 2.01. The zero-order valence-electron chi connectivity index (χ0n) is 8.86. The number of para-hydroxylation sites is 1. The molecule has 0 aliphatic heterocycles. The van der Waals surface area contributed by atoms with E-state index in [1.165, 1.54) is 10.9 Å². The molecule has 0 saturated carbocycles. The van der Waals surface area contributed by atoms with Crippen molar-refractivity contribution < 1.29 is 9.90 Å². The molecule has 0 atom stereocenters. The van der Waals surface area contributed by atoms with Crippen LogP contribution in [-0.2, 0) is 11.2 Å². The van der Waals surface area contributed by atoms with Gasteiger partial charge < -0.3 is 15.4 Å². The first-order chi connectivity index (χ1) is 7.77. The van der Waals surface area contributed by atoms with Gasteiger partial charge in [-0.15, -0.1) is 0 Å². The number of fused-ring (bicyclic) bond motifs is 1. The number of benzene rings is 1. The summed E-state index contributed by atoms with van der Waals surface area (Å²) < 4.78 is 0. The van der Waals surface area contributed by atoms with E-state index >= 15 is 0 Å². The summed E-state index contributed by atoms with van der Waals surface area (Å²) in [4.78, 5) is 13.5. The summed E-state index contributed by atoms with van der Waals surface area (Å²) in [5.74, 6) is -0.821. The highest BCUT2D eigenvalue weighted by Crippen LogP contribution is 2.16. The molecular weight excluding hydrogens is 204 g/mol. The molecule has 0 spiro atoms. The van der Waals surface area contributed by atoms with Crippen LogP contribution in [-0.4, -0.2) is 29.1 Å². The first-order valence-corrected chi connectivity index (χ1v) is 5.25. The quantitative estimate of drug-likeness (QED) is 0.664. The number of hydrogen-bond acceptors (Lipinski definition) is 2. The Labute approximate surface area is 93.3 Å². The van der Waals surface area contributed by atoms with E-state index in [-0.39, 0.29) is 6.54 Å². The van der Waals surface area contributed by atoms with Crippen molar-refractivity contribution >= 4 is 16.9 Å². The third kappa shape index (κ3) is 2.41. The smallest absolute Gasteiger partial charge is 0.317 e. The second-order valence-corrected chi connectivity index (χ2v) is 3.68. The molecule has 0 unspecified atom stereocenters. The fraction of sp³-hybridized carbons (Fsp3) is 0.250. The third-order valence-electron chi connectivity index (χ3n) is 2.52. The molecular formula is C12H14N2O2. The molecule has 0 radical (unpaired) electrons. The Morgan fingerprint density at radius 2 is 2.25 bits per heavy atom. The molecule has 4 nitrogen and oxygen atoms in total. The van der Waals surface area contributed by atoms with Gasteiger partial charge in [0.2, 0.25) is 0 Å². The molecule has 0 saturated heterocycles. The molecule has 3 N–H and O–H groups in total. The van der Waals surface area contributed by atoms with Crippen LogP contribution in [0.2, 0.25) is 0 Å². The van der Waals surface area contributed by atoms with Crippen molar-refractivity contribution in [2.24, 2.45) is 0 Å². The lowest BCUT2D eigenvalue weighted by Crippen LogP contribution is -2.24. The number of aliphatic carboxylic acids is 1. The van der Waals surface area contributed by atoms with Crippen LogP contribution in [0.1, 0.15) is 5.56 Å². The molecule has 1 aromatic heterocycles. The Morgan fingerprint density at radius 1 is 1.38 bits per heavy atom. The SMILES string of the molecule is O=C(O)CNCCc1cccc2cc[nH]c12. The number of aromatic amines is 1. The average Bonchev–Trinajstić information content (AvgIpc) is 2.72. The van der Waals surface area contributed by atoms with E-state index in [4.69, 9.17) is 5.11 Å². The van der Waals surface area contributed by atoms with Crippen molar-refractivity contribution in [3.8, 4) is 0 Å². The summed E-state index contributed by atoms with van der Waals surface area (Å²) in [7, 11) is 0. The minimum Gasteiger partial charge on any atom is -0.480 e. The lowest BCUT2D eigenvalue weighted by molar-refractivity contribution is -0.135. The first kappa shape index (κ1) is 10.7. The van der Waals surface area contributed by atoms with Crippen molar-refractivity contribution in [1.29, 1.82) is 0 Å². The van der Waals surface area contributed by atoms with E-state index in [1.54, 1.807) is 0 Å². The number of nitrogens with one attached hydrogen (secondary N) is 2. The number of rotatable bonds is 5. The molecule has 0 aliphatic rings. The van der Waals surface area contributed by atoms with Crippen LogP contribution in [0.15, 0.2) is 30.5 Å². The van der Waals surface area contributed by atoms with Crippen LogP contribution >= 0.6 is 0 Å². The lowest BCUT2D eigenvalue weighted by atomic mass is 10.1. The van der Waals surface area contributed by atoms with E-state index in [1.807, 2.05) is 18.3 Å². The van der Waals surface area contributed by atoms with E-state index in [0.717, 1.165) is 11.9 Å². The van der Waals surface area contributed by atoms with Gasteiger partial charge in [0.1, 0.15) is 0 Å². The zero-order chi connectivity index (χ0) is 11.4. The number of carboxylic acid groups (broad SMARTS) is 1. The van der Waals surface area contributed by atoms with Crippen LogP contribution in [0, 0.1) is 0 Å². The predicted octanol–water partition coefficient (Wildman–Crippen LogP) is 1.38. The van der Waals surface area contributed by atoms with Crippen LogP contribution in [0.4, 0.5) is 0 Å². The monoisotopic (exact) mass is 218 g/mol. The summed E-state index contributed by atoms with van der Waals surface area (Å²) >= 11 is 0. The molecule has 1 heterocycles. The summed E-state index contributed by atoms with van der Waals surface area (Å²) in [5, 5.41) is 12.5. The van der Waals surface area contributed by atoms with Crippen molar-refractivity contribution in [3.63, 3.8) is 0 Å². The van der Waals surface area contributed by atoms with Crippen LogP contribution < -0.4 is 5.32 Å². The molecule has 1 aromatic carbocycles. The maximum absolute atomic E-state index is 10.3. The van der Waals surface area contributed by atoms with E-state index < -0.39 is 5.97 Å². The second-order valence-electron chi connectivity index (χ2n) is 3.68. The molecule has 4 heteroatoms. The summed E-state index contributed by atoms with van der Waals surface area (Å²) in [5.41, 5.74) is 2.35. The molecule has 0 fully saturated rings. The van der Waals surface area contributed by atoms with Gasteiger partial charge in [0.25, 0.3) is 0 Å². The third-order valence-corrected chi connectivity index (χ3v) is 2.52. The van der Waals surface area contributed by atoms with Crippen molar-refractivity contribution in [1.82, 2.24) is 10.3 Å². The van der Waals surface area contributed by atoms with Gasteiger partial charge in [0.05, 0.1) is 6.54 Å². The normalized spacial score (nSPS) is 10.8. The summed E-state index contributed by atoms with van der Waals surface area (Å²) in [6.07, 6.45) is 2.74. The Hall–Kier alpha value is -1.81. The number of aromatic nitrogens is 1. The Kier molecular flexibility index (Phi) is 3.22.